The zero-order valence-electron chi connectivity index (χ0n) is 15.9. The summed E-state index contributed by atoms with van der Waals surface area (Å²) in [5.74, 6) is 0.0720. The summed E-state index contributed by atoms with van der Waals surface area (Å²) in [6.45, 7) is 4.02. The van der Waals surface area contributed by atoms with E-state index in [-0.39, 0.29) is 16.6 Å². The molecular weight excluding hydrogens is 396 g/mol. The van der Waals surface area contributed by atoms with Crippen LogP contribution >= 0.6 is 11.8 Å². The van der Waals surface area contributed by atoms with Gasteiger partial charge in [0.25, 0.3) is 0 Å². The lowest BCUT2D eigenvalue weighted by Gasteiger charge is -2.12. The molecule has 148 valence electrons. The number of fused-ring (bicyclic) bond motifs is 1. The molecule has 0 aliphatic carbocycles. The largest absolute Gasteiger partial charge is 0.325 e. The molecule has 0 unspecified atom stereocenters. The monoisotopic (exact) mass is 418 g/mol. The second kappa shape index (κ2) is 7.94. The summed E-state index contributed by atoms with van der Waals surface area (Å²) < 4.78 is 24.9. The van der Waals surface area contributed by atoms with Crippen molar-refractivity contribution in [1.82, 2.24) is 9.55 Å². The fraction of sp³-hybridized carbons (Fsp3) is 0.263. The quantitative estimate of drug-likeness (QED) is 0.599. The molecule has 2 aromatic carbocycles. The maximum atomic E-state index is 12.5. The van der Waals surface area contributed by atoms with E-state index in [1.54, 1.807) is 6.07 Å². The number of nitrogens with two attached hydrogens (primary N) is 1. The van der Waals surface area contributed by atoms with Crippen LogP contribution in [-0.2, 0) is 28.3 Å². The van der Waals surface area contributed by atoms with Crippen LogP contribution in [0.4, 0.5) is 5.69 Å². The van der Waals surface area contributed by atoms with E-state index in [1.165, 1.54) is 23.9 Å². The molecule has 1 aromatic heterocycles. The highest BCUT2D eigenvalue weighted by atomic mass is 32.2. The van der Waals surface area contributed by atoms with Crippen molar-refractivity contribution in [3.63, 3.8) is 0 Å². The molecule has 0 atom stereocenters. The van der Waals surface area contributed by atoms with Crippen molar-refractivity contribution in [2.45, 2.75) is 30.3 Å². The number of hydrogen-bond donors (Lipinski definition) is 2. The number of amides is 1. The Morgan fingerprint density at radius 3 is 2.71 bits per heavy atom. The van der Waals surface area contributed by atoms with Crippen LogP contribution in [0.3, 0.4) is 0 Å². The summed E-state index contributed by atoms with van der Waals surface area (Å²) in [6.07, 6.45) is 0.835. The number of aryl methyl sites for hydroxylation is 3. The van der Waals surface area contributed by atoms with E-state index in [0.29, 0.717) is 10.7 Å². The summed E-state index contributed by atoms with van der Waals surface area (Å²) in [7, 11) is -1.97. The Hall–Kier alpha value is -2.36. The van der Waals surface area contributed by atoms with Crippen molar-refractivity contribution in [3.8, 4) is 0 Å². The van der Waals surface area contributed by atoms with E-state index in [9.17, 15) is 13.2 Å². The fourth-order valence-electron chi connectivity index (χ4n) is 2.97. The van der Waals surface area contributed by atoms with Crippen molar-refractivity contribution < 1.29 is 13.2 Å². The van der Waals surface area contributed by atoms with Gasteiger partial charge in [0.05, 0.1) is 21.7 Å². The van der Waals surface area contributed by atoms with Crippen LogP contribution in [0, 0.1) is 6.92 Å². The van der Waals surface area contributed by atoms with Crippen LogP contribution in [-0.4, -0.2) is 29.6 Å². The summed E-state index contributed by atoms with van der Waals surface area (Å²) >= 11 is 1.29. The Morgan fingerprint density at radius 2 is 2.04 bits per heavy atom. The molecular formula is C19H22N4O3S2. The molecule has 0 aliphatic heterocycles. The normalized spacial score (nSPS) is 11.7. The second-order valence-electron chi connectivity index (χ2n) is 6.45. The number of hydrogen-bond acceptors (Lipinski definition) is 5. The van der Waals surface area contributed by atoms with E-state index in [4.69, 9.17) is 5.14 Å². The molecule has 0 radical (unpaired) electrons. The van der Waals surface area contributed by atoms with Crippen LogP contribution in [0.5, 0.6) is 0 Å². The molecule has 0 saturated carbocycles. The molecule has 0 saturated heterocycles. The topological polar surface area (TPSA) is 107 Å². The van der Waals surface area contributed by atoms with Gasteiger partial charge in [0.1, 0.15) is 0 Å². The van der Waals surface area contributed by atoms with Crippen LogP contribution in [0.15, 0.2) is 46.5 Å². The van der Waals surface area contributed by atoms with Crippen LogP contribution in [0.2, 0.25) is 0 Å². The van der Waals surface area contributed by atoms with E-state index in [1.807, 2.05) is 36.7 Å². The third-order valence-electron chi connectivity index (χ3n) is 4.48. The number of benzene rings is 2. The van der Waals surface area contributed by atoms with Gasteiger partial charge in [0.2, 0.25) is 15.9 Å². The number of nitrogens with zero attached hydrogens (tertiary/aromatic N) is 2. The number of thioether (sulfide) groups is 1. The number of imidazole rings is 1. The third kappa shape index (κ3) is 4.21. The van der Waals surface area contributed by atoms with E-state index < -0.39 is 10.0 Å². The van der Waals surface area contributed by atoms with E-state index in [0.717, 1.165) is 28.8 Å². The van der Waals surface area contributed by atoms with Crippen molar-refractivity contribution >= 4 is 44.4 Å². The standard InChI is InChI=1S/C19H22N4O3S2/c1-4-13-7-5-6-12(2)18(13)22-17(24)11-27-19-21-15-10-14(28(20,25)26)8-9-16(15)23(19)3/h5-10H,4,11H2,1-3H3,(H,22,24)(H2,20,25,26). The number of nitrogens with one attached hydrogen (secondary N) is 1. The van der Waals surface area contributed by atoms with E-state index >= 15 is 0 Å². The molecule has 3 N–H and O–H groups in total. The highest BCUT2D eigenvalue weighted by Gasteiger charge is 2.15. The molecule has 0 spiro atoms. The predicted octanol–water partition coefficient (Wildman–Crippen LogP) is 2.82. The average molecular weight is 419 g/mol. The maximum absolute atomic E-state index is 12.5. The first kappa shape index (κ1) is 20.4. The Bertz CT molecular complexity index is 1150. The summed E-state index contributed by atoms with van der Waals surface area (Å²) in [5, 5.41) is 8.79. The lowest BCUT2D eigenvalue weighted by Crippen LogP contribution is -2.16. The lowest BCUT2D eigenvalue weighted by molar-refractivity contribution is -0.113. The van der Waals surface area contributed by atoms with E-state index in [2.05, 4.69) is 17.2 Å². The Labute approximate surface area is 168 Å². The number of aromatic nitrogens is 2. The Balaban J connectivity index is 1.77. The molecule has 3 aromatic rings. The number of anilines is 1. The lowest BCUT2D eigenvalue weighted by atomic mass is 10.1. The van der Waals surface area contributed by atoms with Gasteiger partial charge >= 0.3 is 0 Å². The highest BCUT2D eigenvalue weighted by molar-refractivity contribution is 7.99. The highest BCUT2D eigenvalue weighted by Crippen LogP contribution is 2.26. The van der Waals surface area contributed by atoms with Crippen molar-refractivity contribution in [2.75, 3.05) is 11.1 Å². The minimum atomic E-state index is -3.79. The van der Waals surface area contributed by atoms with Crippen LogP contribution in [0.1, 0.15) is 18.1 Å². The molecule has 1 amide bonds. The molecule has 9 heteroatoms. The Kier molecular flexibility index (Phi) is 5.78. The van der Waals surface area contributed by atoms with Crippen LogP contribution < -0.4 is 10.5 Å². The first-order chi connectivity index (χ1) is 13.2. The van der Waals surface area contributed by atoms with Gasteiger partial charge in [-0.15, -0.1) is 0 Å². The zero-order chi connectivity index (χ0) is 20.5. The number of para-hydroxylation sites is 1. The fourth-order valence-corrected chi connectivity index (χ4v) is 4.29. The number of rotatable bonds is 6. The van der Waals surface area contributed by atoms with Crippen molar-refractivity contribution in [3.05, 3.63) is 47.5 Å². The molecule has 3 rings (SSSR count). The third-order valence-corrected chi connectivity index (χ3v) is 6.42. The van der Waals surface area contributed by atoms with Gasteiger partial charge in [0, 0.05) is 12.7 Å². The first-order valence-electron chi connectivity index (χ1n) is 8.71. The van der Waals surface area contributed by atoms with Gasteiger partial charge in [-0.25, -0.2) is 18.5 Å². The number of carbonyl (C=O) groups excluding carboxylic acids is 1. The summed E-state index contributed by atoms with van der Waals surface area (Å²) in [4.78, 5) is 16.9. The van der Waals surface area contributed by atoms with Gasteiger partial charge in [-0.3, -0.25) is 4.79 Å². The SMILES string of the molecule is CCc1cccc(C)c1NC(=O)CSc1nc2cc(S(N)(=O)=O)ccc2n1C. The van der Waals surface area contributed by atoms with Gasteiger partial charge in [0.15, 0.2) is 5.16 Å². The molecule has 0 bridgehead atoms. The number of primary sulfonamides is 1. The zero-order valence-corrected chi connectivity index (χ0v) is 17.5. The number of sulfonamides is 1. The van der Waals surface area contributed by atoms with Gasteiger partial charge in [-0.05, 0) is 42.7 Å². The first-order valence-corrected chi connectivity index (χ1v) is 11.2. The predicted molar refractivity (Wildman–Crippen MR) is 112 cm³/mol. The van der Waals surface area contributed by atoms with Crippen molar-refractivity contribution in [1.29, 1.82) is 0 Å². The molecule has 7 nitrogen and oxygen atoms in total. The minimum absolute atomic E-state index is 0.0130. The molecule has 1 heterocycles. The molecule has 0 fully saturated rings. The minimum Gasteiger partial charge on any atom is -0.325 e. The van der Waals surface area contributed by atoms with Gasteiger partial charge in [-0.2, -0.15) is 0 Å². The van der Waals surface area contributed by atoms with Gasteiger partial charge < -0.3 is 9.88 Å². The summed E-state index contributed by atoms with van der Waals surface area (Å²) in [5.41, 5.74) is 4.26. The van der Waals surface area contributed by atoms with Gasteiger partial charge in [-0.1, -0.05) is 36.9 Å². The smallest absolute Gasteiger partial charge is 0.238 e. The molecule has 28 heavy (non-hydrogen) atoms. The second-order valence-corrected chi connectivity index (χ2v) is 8.95. The maximum Gasteiger partial charge on any atom is 0.238 e. The Morgan fingerprint density at radius 1 is 1.29 bits per heavy atom. The summed E-state index contributed by atoms with van der Waals surface area (Å²) in [6, 6.07) is 10.5. The van der Waals surface area contributed by atoms with Crippen LogP contribution in [0.25, 0.3) is 11.0 Å². The average Bonchev–Trinajstić information content (AvgIpc) is 2.96. The van der Waals surface area contributed by atoms with Crippen molar-refractivity contribution in [2.24, 2.45) is 12.2 Å². The molecule has 0 aliphatic rings. The number of carbonyl (C=O) groups is 1.